The van der Waals surface area contributed by atoms with Crippen molar-refractivity contribution in [2.45, 2.75) is 104 Å². The minimum absolute atomic E-state index is 0.398. The quantitative estimate of drug-likeness (QED) is 0.0792. The predicted molar refractivity (Wildman–Crippen MR) is 156 cm³/mol. The van der Waals surface area contributed by atoms with E-state index in [9.17, 15) is 9.90 Å². The molecule has 218 valence electrons. The van der Waals surface area contributed by atoms with E-state index in [4.69, 9.17) is 22.8 Å². The van der Waals surface area contributed by atoms with E-state index < -0.39 is 14.8 Å². The fourth-order valence-corrected chi connectivity index (χ4v) is 7.10. The average Bonchev–Trinajstić information content (AvgIpc) is 2.90. The van der Waals surface area contributed by atoms with Crippen molar-refractivity contribution in [2.75, 3.05) is 33.5 Å². The van der Waals surface area contributed by atoms with Crippen LogP contribution >= 0.6 is 0 Å². The summed E-state index contributed by atoms with van der Waals surface area (Å²) in [7, 11) is -0.996. The molecule has 1 rings (SSSR count). The monoisotopic (exact) mass is 552 g/mol. The summed E-state index contributed by atoms with van der Waals surface area (Å²) in [6.07, 6.45) is 13.2. The van der Waals surface area contributed by atoms with E-state index in [-0.39, 0.29) is 0 Å². The van der Waals surface area contributed by atoms with Crippen molar-refractivity contribution in [1.82, 2.24) is 0 Å². The molecular weight excluding hydrogens is 500 g/mol. The first kappa shape index (κ1) is 34.2. The first-order valence-corrected chi connectivity index (χ1v) is 16.5. The molecule has 0 aliphatic carbocycles. The van der Waals surface area contributed by atoms with Crippen LogP contribution in [0, 0.1) is 0 Å². The number of carboxylic acids is 1. The fourth-order valence-electron chi connectivity index (χ4n) is 4.41. The molecule has 0 saturated heterocycles. The molecule has 8 heteroatoms. The zero-order chi connectivity index (χ0) is 28.1. The molecule has 0 spiro atoms. The summed E-state index contributed by atoms with van der Waals surface area (Å²) < 4.78 is 29.2. The molecule has 0 atom stereocenters. The van der Waals surface area contributed by atoms with Gasteiger partial charge in [0.2, 0.25) is 0 Å². The van der Waals surface area contributed by atoms with Crippen LogP contribution < -0.4 is 9.47 Å². The van der Waals surface area contributed by atoms with Gasteiger partial charge in [-0.2, -0.15) is 0 Å². The summed E-state index contributed by atoms with van der Waals surface area (Å²) in [4.78, 5) is 11.9. The van der Waals surface area contributed by atoms with Crippen LogP contribution in [0.25, 0.3) is 6.08 Å². The Hall–Kier alpha value is -1.87. The summed E-state index contributed by atoms with van der Waals surface area (Å²) in [5, 5.41) is 9.75. The van der Waals surface area contributed by atoms with Gasteiger partial charge in [-0.25, -0.2) is 4.79 Å². The normalized spacial score (nSPS) is 12.1. The van der Waals surface area contributed by atoms with Crippen LogP contribution in [0.3, 0.4) is 0 Å². The highest BCUT2D eigenvalue weighted by Crippen LogP contribution is 2.30. The first-order chi connectivity index (χ1) is 18.4. The van der Waals surface area contributed by atoms with Gasteiger partial charge in [-0.1, -0.05) is 57.9 Å². The van der Waals surface area contributed by atoms with Crippen molar-refractivity contribution in [3.8, 4) is 11.5 Å². The van der Waals surface area contributed by atoms with Crippen LogP contribution in [0.15, 0.2) is 23.8 Å². The summed E-state index contributed by atoms with van der Waals surface area (Å²) in [5.74, 6) is 0.434. The van der Waals surface area contributed by atoms with Crippen LogP contribution in [0.5, 0.6) is 11.5 Å². The predicted octanol–water partition coefficient (Wildman–Crippen LogP) is 7.90. The molecule has 7 nitrogen and oxygen atoms in total. The van der Waals surface area contributed by atoms with Crippen molar-refractivity contribution in [2.24, 2.45) is 0 Å². The number of hydrogen-bond donors (Lipinski definition) is 1. The number of ether oxygens (including phenoxy) is 2. The van der Waals surface area contributed by atoms with E-state index in [0.29, 0.717) is 49.9 Å². The second-order valence-electron chi connectivity index (χ2n) is 9.40. The number of hydrogen-bond acceptors (Lipinski definition) is 6. The lowest BCUT2D eigenvalue weighted by atomic mass is 10.0. The zero-order valence-electron chi connectivity index (χ0n) is 24.5. The van der Waals surface area contributed by atoms with Gasteiger partial charge in [0, 0.05) is 31.4 Å². The minimum atomic E-state index is -2.61. The van der Waals surface area contributed by atoms with Crippen LogP contribution in [0.4, 0.5) is 0 Å². The third-order valence-corrected chi connectivity index (χ3v) is 9.48. The lowest BCUT2D eigenvalue weighted by Crippen LogP contribution is -2.45. The van der Waals surface area contributed by atoms with Crippen LogP contribution in [-0.2, 0) is 18.1 Å². The topological polar surface area (TPSA) is 83.5 Å². The standard InChI is InChI=1S/C30H52O7Si/c1-6-10-11-12-14-17-22-34-28-21-20-26(25-29(28)33-5)24-27(30(31)32)19-16-13-15-18-23-38(35-7-2,36-8-3)37-9-4/h20-21,24-25H,6-19,22-23H2,1-5H3,(H,31,32)/b27-24+. The molecule has 0 fully saturated rings. The smallest absolute Gasteiger partial charge is 0.493 e. The lowest BCUT2D eigenvalue weighted by Gasteiger charge is -2.28. The number of carboxylic acid groups (broad SMARTS) is 1. The van der Waals surface area contributed by atoms with E-state index in [1.807, 2.05) is 39.0 Å². The number of unbranched alkanes of at least 4 members (excludes halogenated alkanes) is 8. The Morgan fingerprint density at radius 1 is 0.816 bits per heavy atom. The van der Waals surface area contributed by atoms with Gasteiger partial charge in [-0.05, 0) is 70.2 Å². The summed E-state index contributed by atoms with van der Waals surface area (Å²) in [5.41, 5.74) is 1.20. The molecule has 1 N–H and O–H groups in total. The highest BCUT2D eigenvalue weighted by atomic mass is 28.4. The highest BCUT2D eigenvalue weighted by Gasteiger charge is 2.39. The van der Waals surface area contributed by atoms with Crippen LogP contribution in [0.2, 0.25) is 6.04 Å². The summed E-state index contributed by atoms with van der Waals surface area (Å²) in [6.45, 7) is 10.5. The van der Waals surface area contributed by atoms with Crippen molar-refractivity contribution >= 4 is 20.8 Å². The Labute approximate surface area is 232 Å². The Bertz CT molecular complexity index is 780. The van der Waals surface area contributed by atoms with Gasteiger partial charge < -0.3 is 27.9 Å². The van der Waals surface area contributed by atoms with E-state index in [0.717, 1.165) is 43.7 Å². The maximum Gasteiger partial charge on any atom is 0.500 e. The molecule has 0 aromatic heterocycles. The van der Waals surface area contributed by atoms with Crippen molar-refractivity contribution in [3.05, 3.63) is 29.3 Å². The molecule has 0 unspecified atom stereocenters. The SMILES string of the molecule is CCCCCCCCOc1ccc(/C=C(\CCCCCC[Si](OCC)(OCC)OCC)C(=O)O)cc1OC. The van der Waals surface area contributed by atoms with Crippen molar-refractivity contribution in [3.63, 3.8) is 0 Å². The minimum Gasteiger partial charge on any atom is -0.493 e. The molecule has 38 heavy (non-hydrogen) atoms. The second-order valence-corrected chi connectivity index (χ2v) is 12.1. The molecule has 1 aromatic rings. The summed E-state index contributed by atoms with van der Waals surface area (Å²) in [6, 6.07) is 6.39. The van der Waals surface area contributed by atoms with E-state index in [2.05, 4.69) is 6.92 Å². The van der Waals surface area contributed by atoms with E-state index in [1.54, 1.807) is 13.2 Å². The third kappa shape index (κ3) is 13.8. The van der Waals surface area contributed by atoms with Gasteiger partial charge >= 0.3 is 14.8 Å². The fraction of sp³-hybridized carbons (Fsp3) is 0.700. The second kappa shape index (κ2) is 21.0. The molecule has 0 heterocycles. The van der Waals surface area contributed by atoms with E-state index in [1.165, 1.54) is 32.1 Å². The first-order valence-electron chi connectivity index (χ1n) is 14.6. The number of aliphatic carboxylic acids is 1. The van der Waals surface area contributed by atoms with Crippen molar-refractivity contribution < 1.29 is 32.7 Å². The Morgan fingerprint density at radius 3 is 2.03 bits per heavy atom. The highest BCUT2D eigenvalue weighted by molar-refractivity contribution is 6.60. The Kier molecular flexibility index (Phi) is 18.9. The number of benzene rings is 1. The molecule has 0 aliphatic heterocycles. The van der Waals surface area contributed by atoms with Crippen molar-refractivity contribution in [1.29, 1.82) is 0 Å². The van der Waals surface area contributed by atoms with Gasteiger partial charge in [0.1, 0.15) is 0 Å². The van der Waals surface area contributed by atoms with Gasteiger partial charge in [-0.3, -0.25) is 0 Å². The maximum absolute atomic E-state index is 11.9. The largest absolute Gasteiger partial charge is 0.500 e. The molecule has 0 amide bonds. The van der Waals surface area contributed by atoms with Gasteiger partial charge in [0.05, 0.1) is 13.7 Å². The number of rotatable bonds is 24. The van der Waals surface area contributed by atoms with E-state index >= 15 is 0 Å². The van der Waals surface area contributed by atoms with Gasteiger partial charge in [0.15, 0.2) is 11.5 Å². The van der Waals surface area contributed by atoms with Gasteiger partial charge in [-0.15, -0.1) is 0 Å². The van der Waals surface area contributed by atoms with Crippen LogP contribution in [0.1, 0.15) is 104 Å². The summed E-state index contributed by atoms with van der Waals surface area (Å²) >= 11 is 0. The molecular formula is C30H52O7Si. The average molecular weight is 553 g/mol. The molecule has 1 aromatic carbocycles. The number of carbonyl (C=O) groups is 1. The third-order valence-electron chi connectivity index (χ3n) is 6.33. The molecule has 0 saturated carbocycles. The molecule has 0 radical (unpaired) electrons. The maximum atomic E-state index is 11.9. The Morgan fingerprint density at radius 2 is 1.42 bits per heavy atom. The molecule has 0 aliphatic rings. The van der Waals surface area contributed by atoms with Crippen LogP contribution in [-0.4, -0.2) is 53.4 Å². The zero-order valence-corrected chi connectivity index (χ0v) is 25.5. The van der Waals surface area contributed by atoms with Gasteiger partial charge in [0.25, 0.3) is 0 Å². The number of methoxy groups -OCH3 is 1. The Balaban J connectivity index is 2.58. The lowest BCUT2D eigenvalue weighted by molar-refractivity contribution is -0.132. The molecule has 0 bridgehead atoms.